The van der Waals surface area contributed by atoms with E-state index < -0.39 is 0 Å². The number of aryl methyl sites for hydroxylation is 3. The number of hydrogen-bond donors (Lipinski definition) is 2. The largest absolute Gasteiger partial charge is 0.505 e. The summed E-state index contributed by atoms with van der Waals surface area (Å²) >= 11 is 0. The maximum absolute atomic E-state index is 10.2. The Balaban J connectivity index is 1.88. The summed E-state index contributed by atoms with van der Waals surface area (Å²) in [7, 11) is 0. The second-order valence-corrected chi connectivity index (χ2v) is 5.78. The van der Waals surface area contributed by atoms with Crippen molar-refractivity contribution in [1.29, 1.82) is 0 Å². The molecule has 0 amide bonds. The molecule has 2 N–H and O–H groups in total. The molecule has 3 heteroatoms. The fraction of sp³-hybridized carbons (Fsp3) is 0.211. The number of aromatic nitrogens is 1. The standard InChI is InChI=1S/C19H20N2O/c1-12-4-6-15(7-5-12)20-11-16-8-9-17-13(2)10-14(3)19(22)18(17)21-16/h4-10,20,22H,11H2,1-3H3. The smallest absolute Gasteiger partial charge is 0.144 e. The topological polar surface area (TPSA) is 45.1 Å². The molecule has 22 heavy (non-hydrogen) atoms. The van der Waals surface area contributed by atoms with Crippen LogP contribution in [0.5, 0.6) is 5.75 Å². The van der Waals surface area contributed by atoms with Crippen molar-refractivity contribution in [3.8, 4) is 5.75 Å². The Labute approximate surface area is 130 Å². The first-order chi connectivity index (χ1) is 10.5. The second-order valence-electron chi connectivity index (χ2n) is 5.78. The minimum Gasteiger partial charge on any atom is -0.505 e. The molecule has 1 heterocycles. The van der Waals surface area contributed by atoms with Crippen molar-refractivity contribution < 1.29 is 5.11 Å². The number of phenols is 1. The van der Waals surface area contributed by atoms with Gasteiger partial charge in [-0.3, -0.25) is 0 Å². The predicted octanol–water partition coefficient (Wildman–Crippen LogP) is 4.48. The Bertz CT molecular complexity index is 823. The first kappa shape index (κ1) is 14.4. The van der Waals surface area contributed by atoms with Gasteiger partial charge in [-0.1, -0.05) is 29.8 Å². The number of phenolic OH excluding ortho intramolecular Hbond substituents is 1. The molecule has 112 valence electrons. The average Bonchev–Trinajstić information content (AvgIpc) is 2.52. The summed E-state index contributed by atoms with van der Waals surface area (Å²) in [5, 5.41) is 14.6. The summed E-state index contributed by atoms with van der Waals surface area (Å²) in [5.41, 5.74) is 5.90. The van der Waals surface area contributed by atoms with Gasteiger partial charge < -0.3 is 10.4 Å². The third-order valence-corrected chi connectivity index (χ3v) is 3.93. The summed E-state index contributed by atoms with van der Waals surface area (Å²) < 4.78 is 0. The summed E-state index contributed by atoms with van der Waals surface area (Å²) in [6, 6.07) is 14.3. The number of nitrogens with one attached hydrogen (secondary N) is 1. The summed E-state index contributed by atoms with van der Waals surface area (Å²) in [6.07, 6.45) is 0. The van der Waals surface area contributed by atoms with Gasteiger partial charge in [0.25, 0.3) is 0 Å². The highest BCUT2D eigenvalue weighted by Crippen LogP contribution is 2.29. The number of aromatic hydroxyl groups is 1. The quantitative estimate of drug-likeness (QED) is 0.748. The van der Waals surface area contributed by atoms with Crippen LogP contribution < -0.4 is 5.32 Å². The van der Waals surface area contributed by atoms with Gasteiger partial charge in [0.05, 0.1) is 12.2 Å². The Kier molecular flexibility index (Phi) is 3.72. The molecule has 0 aliphatic heterocycles. The zero-order valence-corrected chi connectivity index (χ0v) is 13.1. The molecule has 0 saturated carbocycles. The molecule has 1 aromatic heterocycles. The molecular formula is C19H20N2O. The molecule has 0 bridgehead atoms. The molecule has 0 aliphatic carbocycles. The van der Waals surface area contributed by atoms with Gasteiger partial charge in [0.15, 0.2) is 0 Å². The number of fused-ring (bicyclic) bond motifs is 1. The van der Waals surface area contributed by atoms with Crippen molar-refractivity contribution in [2.45, 2.75) is 27.3 Å². The molecule has 0 spiro atoms. The monoisotopic (exact) mass is 292 g/mol. The Morgan fingerprint density at radius 2 is 1.68 bits per heavy atom. The first-order valence-electron chi connectivity index (χ1n) is 7.44. The zero-order chi connectivity index (χ0) is 15.7. The van der Waals surface area contributed by atoms with Gasteiger partial charge in [0.2, 0.25) is 0 Å². The molecule has 3 rings (SSSR count). The summed E-state index contributed by atoms with van der Waals surface area (Å²) in [5.74, 6) is 0.276. The van der Waals surface area contributed by atoms with Crippen LogP contribution in [0.2, 0.25) is 0 Å². The van der Waals surface area contributed by atoms with Crippen molar-refractivity contribution in [2.24, 2.45) is 0 Å². The van der Waals surface area contributed by atoms with Crippen LogP contribution >= 0.6 is 0 Å². The van der Waals surface area contributed by atoms with Gasteiger partial charge in [-0.15, -0.1) is 0 Å². The number of nitrogens with zero attached hydrogens (tertiary/aromatic N) is 1. The van der Waals surface area contributed by atoms with E-state index >= 15 is 0 Å². The molecule has 0 saturated heterocycles. The first-order valence-corrected chi connectivity index (χ1v) is 7.44. The maximum Gasteiger partial charge on any atom is 0.144 e. The second kappa shape index (κ2) is 5.68. The molecule has 0 unspecified atom stereocenters. The zero-order valence-electron chi connectivity index (χ0n) is 13.1. The Morgan fingerprint density at radius 3 is 2.41 bits per heavy atom. The van der Waals surface area contributed by atoms with Crippen LogP contribution in [0, 0.1) is 20.8 Å². The lowest BCUT2D eigenvalue weighted by molar-refractivity contribution is 0.476. The van der Waals surface area contributed by atoms with E-state index in [0.717, 1.165) is 27.9 Å². The minimum atomic E-state index is 0.276. The van der Waals surface area contributed by atoms with Gasteiger partial charge in [-0.25, -0.2) is 4.98 Å². The number of pyridine rings is 1. The average molecular weight is 292 g/mol. The highest BCUT2D eigenvalue weighted by Gasteiger charge is 2.09. The van der Waals surface area contributed by atoms with Crippen LogP contribution in [0.15, 0.2) is 42.5 Å². The Hall–Kier alpha value is -2.55. The SMILES string of the molecule is Cc1ccc(NCc2ccc3c(C)cc(C)c(O)c3n2)cc1. The minimum absolute atomic E-state index is 0.276. The summed E-state index contributed by atoms with van der Waals surface area (Å²) in [6.45, 7) is 6.65. The number of rotatable bonds is 3. The maximum atomic E-state index is 10.2. The number of hydrogen-bond acceptors (Lipinski definition) is 3. The van der Waals surface area contributed by atoms with Crippen molar-refractivity contribution in [3.05, 3.63) is 64.8 Å². The number of anilines is 1. The van der Waals surface area contributed by atoms with Crippen LogP contribution in [0.1, 0.15) is 22.4 Å². The molecule has 3 aromatic rings. The lowest BCUT2D eigenvalue weighted by Gasteiger charge is -2.10. The van der Waals surface area contributed by atoms with Crippen molar-refractivity contribution >= 4 is 16.6 Å². The van der Waals surface area contributed by atoms with E-state index in [-0.39, 0.29) is 5.75 Å². The molecule has 0 aliphatic rings. The fourth-order valence-corrected chi connectivity index (χ4v) is 2.62. The molecular weight excluding hydrogens is 272 g/mol. The fourth-order valence-electron chi connectivity index (χ4n) is 2.62. The van der Waals surface area contributed by atoms with Crippen molar-refractivity contribution in [2.75, 3.05) is 5.32 Å². The van der Waals surface area contributed by atoms with Crippen molar-refractivity contribution in [3.63, 3.8) is 0 Å². The van der Waals surface area contributed by atoms with E-state index in [1.165, 1.54) is 5.56 Å². The molecule has 0 fully saturated rings. The van der Waals surface area contributed by atoms with E-state index in [1.807, 2.05) is 32.0 Å². The third kappa shape index (κ3) is 2.75. The van der Waals surface area contributed by atoms with Gasteiger partial charge in [-0.2, -0.15) is 0 Å². The van der Waals surface area contributed by atoms with E-state index in [1.54, 1.807) is 0 Å². The predicted molar refractivity (Wildman–Crippen MR) is 91.4 cm³/mol. The molecule has 0 atom stereocenters. The molecule has 3 nitrogen and oxygen atoms in total. The van der Waals surface area contributed by atoms with E-state index in [2.05, 4.69) is 41.5 Å². The van der Waals surface area contributed by atoms with Gasteiger partial charge >= 0.3 is 0 Å². The van der Waals surface area contributed by atoms with Crippen LogP contribution in [0.3, 0.4) is 0 Å². The van der Waals surface area contributed by atoms with Gasteiger partial charge in [-0.05, 0) is 50.1 Å². The highest BCUT2D eigenvalue weighted by molar-refractivity contribution is 5.88. The number of benzene rings is 2. The van der Waals surface area contributed by atoms with Crippen LogP contribution in [0.4, 0.5) is 5.69 Å². The third-order valence-electron chi connectivity index (χ3n) is 3.93. The highest BCUT2D eigenvalue weighted by atomic mass is 16.3. The van der Waals surface area contributed by atoms with Crippen molar-refractivity contribution in [1.82, 2.24) is 4.98 Å². The van der Waals surface area contributed by atoms with Crippen LogP contribution in [-0.4, -0.2) is 10.1 Å². The lowest BCUT2D eigenvalue weighted by Crippen LogP contribution is -2.02. The van der Waals surface area contributed by atoms with Gasteiger partial charge in [0, 0.05) is 11.1 Å². The molecule has 2 aromatic carbocycles. The Morgan fingerprint density at radius 1 is 0.955 bits per heavy atom. The summed E-state index contributed by atoms with van der Waals surface area (Å²) in [4.78, 5) is 4.62. The molecule has 0 radical (unpaired) electrons. The van der Waals surface area contributed by atoms with E-state index in [0.29, 0.717) is 12.1 Å². The van der Waals surface area contributed by atoms with Gasteiger partial charge in [0.1, 0.15) is 11.3 Å². The normalized spacial score (nSPS) is 10.9. The van der Waals surface area contributed by atoms with E-state index in [4.69, 9.17) is 0 Å². The van der Waals surface area contributed by atoms with Crippen LogP contribution in [-0.2, 0) is 6.54 Å². The lowest BCUT2D eigenvalue weighted by atomic mass is 10.0. The van der Waals surface area contributed by atoms with Crippen LogP contribution in [0.25, 0.3) is 10.9 Å². The van der Waals surface area contributed by atoms with E-state index in [9.17, 15) is 5.11 Å².